The molecule has 5 rings (SSSR count). The molecule has 3 heterocycles. The van der Waals surface area contributed by atoms with E-state index < -0.39 is 27.2 Å². The molecule has 0 bridgehead atoms. The van der Waals surface area contributed by atoms with Gasteiger partial charge in [0.05, 0.1) is 16.1 Å². The van der Waals surface area contributed by atoms with Crippen LogP contribution in [-0.2, 0) is 22.1 Å². The van der Waals surface area contributed by atoms with Crippen LogP contribution in [0.5, 0.6) is 0 Å². The first-order valence-corrected chi connectivity index (χ1v) is 13.3. The van der Waals surface area contributed by atoms with Gasteiger partial charge in [-0.1, -0.05) is 0 Å². The van der Waals surface area contributed by atoms with Crippen LogP contribution in [0.3, 0.4) is 0 Å². The number of aromatic amines is 1. The highest BCUT2D eigenvalue weighted by atomic mass is 32.2. The number of aromatic nitrogens is 2. The Balaban J connectivity index is 1.34. The van der Waals surface area contributed by atoms with Crippen molar-refractivity contribution >= 4 is 27.4 Å². The standard InChI is InChI=1S/C25H28F2N6O3S/c1-25(2)22-19(15-33(25)37(35,36)18-8-9-20(26)21(27)14-18)23(30-29-22)28-24(34)16-4-6-17(7-5-16)32-12-10-31(3)11-13-32/h4-9,14H,10-13,15H2,1-3H3,(H2,28,29,30,34). The lowest BCUT2D eigenvalue weighted by molar-refractivity contribution is 0.102. The highest BCUT2D eigenvalue weighted by Crippen LogP contribution is 2.43. The number of benzene rings is 2. The number of hydrogen-bond acceptors (Lipinski definition) is 6. The molecule has 2 N–H and O–H groups in total. The van der Waals surface area contributed by atoms with Crippen LogP contribution in [0.1, 0.15) is 35.5 Å². The number of H-pyrrole nitrogens is 1. The number of amides is 1. The molecule has 1 saturated heterocycles. The van der Waals surface area contributed by atoms with Gasteiger partial charge >= 0.3 is 0 Å². The third-order valence-electron chi connectivity index (χ3n) is 7.11. The maximum Gasteiger partial charge on any atom is 0.256 e. The Morgan fingerprint density at radius 3 is 2.35 bits per heavy atom. The average molecular weight is 531 g/mol. The maximum absolute atomic E-state index is 13.8. The van der Waals surface area contributed by atoms with E-state index >= 15 is 0 Å². The van der Waals surface area contributed by atoms with Gasteiger partial charge in [0.15, 0.2) is 17.5 Å². The third kappa shape index (κ3) is 4.49. The van der Waals surface area contributed by atoms with Gasteiger partial charge in [-0.05, 0) is 63.4 Å². The number of sulfonamides is 1. The van der Waals surface area contributed by atoms with E-state index in [0.717, 1.165) is 44.0 Å². The molecule has 196 valence electrons. The van der Waals surface area contributed by atoms with Crippen molar-refractivity contribution in [3.8, 4) is 0 Å². The predicted molar refractivity (Wildman–Crippen MR) is 135 cm³/mol. The smallest absolute Gasteiger partial charge is 0.256 e. The van der Waals surface area contributed by atoms with Crippen LogP contribution in [-0.4, -0.2) is 67.0 Å². The quantitative estimate of drug-likeness (QED) is 0.526. The molecule has 9 nitrogen and oxygen atoms in total. The van der Waals surface area contributed by atoms with Crippen LogP contribution in [0.25, 0.3) is 0 Å². The molecule has 2 aromatic carbocycles. The Labute approximate surface area is 214 Å². The van der Waals surface area contributed by atoms with E-state index in [4.69, 9.17) is 0 Å². The summed E-state index contributed by atoms with van der Waals surface area (Å²) in [6, 6.07) is 9.80. The van der Waals surface area contributed by atoms with Crippen molar-refractivity contribution in [3.63, 3.8) is 0 Å². The lowest BCUT2D eigenvalue weighted by Crippen LogP contribution is -2.44. The monoisotopic (exact) mass is 530 g/mol. The second-order valence-electron chi connectivity index (χ2n) is 9.86. The van der Waals surface area contributed by atoms with Gasteiger partial charge in [-0.2, -0.15) is 9.40 Å². The molecule has 0 unspecified atom stereocenters. The van der Waals surface area contributed by atoms with Crippen molar-refractivity contribution in [3.05, 3.63) is 70.9 Å². The van der Waals surface area contributed by atoms with E-state index in [1.807, 2.05) is 12.1 Å². The van der Waals surface area contributed by atoms with Gasteiger partial charge in [-0.3, -0.25) is 9.89 Å². The first kappa shape index (κ1) is 25.3. The first-order valence-electron chi connectivity index (χ1n) is 11.9. The normalized spacial score (nSPS) is 18.1. The molecule has 2 aliphatic heterocycles. The summed E-state index contributed by atoms with van der Waals surface area (Å²) in [5.41, 5.74) is 1.44. The SMILES string of the molecule is CN1CCN(c2ccc(C(=O)Nc3n[nH]c4c3CN(S(=O)(=O)c3ccc(F)c(F)c3)C4(C)C)cc2)CC1. The molecular formula is C25H28F2N6O3S. The Kier molecular flexibility index (Phi) is 6.29. The average Bonchev–Trinajstić information content (AvgIpc) is 3.39. The number of rotatable bonds is 5. The Bertz CT molecular complexity index is 1450. The minimum absolute atomic E-state index is 0.0991. The Morgan fingerprint density at radius 2 is 1.70 bits per heavy atom. The van der Waals surface area contributed by atoms with Gasteiger partial charge in [0.25, 0.3) is 5.91 Å². The molecule has 0 spiro atoms. The van der Waals surface area contributed by atoms with Gasteiger partial charge in [0.2, 0.25) is 10.0 Å². The number of likely N-dealkylation sites (N-methyl/N-ethyl adjacent to an activating group) is 1. The largest absolute Gasteiger partial charge is 0.369 e. The fraction of sp³-hybridized carbons (Fsp3) is 0.360. The van der Waals surface area contributed by atoms with Gasteiger partial charge in [0, 0.05) is 49.5 Å². The summed E-state index contributed by atoms with van der Waals surface area (Å²) in [5, 5.41) is 9.84. The number of nitrogens with one attached hydrogen (secondary N) is 2. The first-order chi connectivity index (χ1) is 17.5. The van der Waals surface area contributed by atoms with Crippen LogP contribution in [0.4, 0.5) is 20.3 Å². The molecule has 1 fully saturated rings. The zero-order valence-corrected chi connectivity index (χ0v) is 21.6. The zero-order valence-electron chi connectivity index (χ0n) is 20.8. The molecule has 0 saturated carbocycles. The highest BCUT2D eigenvalue weighted by Gasteiger charge is 2.48. The molecule has 37 heavy (non-hydrogen) atoms. The van der Waals surface area contributed by atoms with Crippen LogP contribution in [0.15, 0.2) is 47.4 Å². The van der Waals surface area contributed by atoms with Crippen molar-refractivity contribution in [2.75, 3.05) is 43.4 Å². The second kappa shape index (κ2) is 9.19. The lowest BCUT2D eigenvalue weighted by atomic mass is 10.0. The fourth-order valence-electron chi connectivity index (χ4n) is 4.81. The Hall–Kier alpha value is -3.35. The van der Waals surface area contributed by atoms with Crippen molar-refractivity contribution in [1.29, 1.82) is 0 Å². The molecule has 0 aliphatic carbocycles. The van der Waals surface area contributed by atoms with Gasteiger partial charge in [-0.15, -0.1) is 0 Å². The van der Waals surface area contributed by atoms with Gasteiger partial charge in [-0.25, -0.2) is 17.2 Å². The minimum atomic E-state index is -4.18. The molecule has 1 aromatic heterocycles. The van der Waals surface area contributed by atoms with Crippen LogP contribution in [0, 0.1) is 11.6 Å². The lowest BCUT2D eigenvalue weighted by Gasteiger charge is -2.34. The van der Waals surface area contributed by atoms with E-state index in [0.29, 0.717) is 22.9 Å². The number of halogens is 2. The van der Waals surface area contributed by atoms with Crippen molar-refractivity contribution in [2.45, 2.75) is 30.8 Å². The predicted octanol–water partition coefficient (Wildman–Crippen LogP) is 3.13. The number of fused-ring (bicyclic) bond motifs is 1. The van der Waals surface area contributed by atoms with Crippen molar-refractivity contribution < 1.29 is 22.0 Å². The van der Waals surface area contributed by atoms with Crippen molar-refractivity contribution in [1.82, 2.24) is 19.4 Å². The third-order valence-corrected chi connectivity index (χ3v) is 9.13. The molecule has 1 amide bonds. The van der Waals surface area contributed by atoms with Crippen LogP contribution < -0.4 is 10.2 Å². The second-order valence-corrected chi connectivity index (χ2v) is 11.7. The highest BCUT2D eigenvalue weighted by molar-refractivity contribution is 7.89. The number of anilines is 2. The zero-order chi connectivity index (χ0) is 26.5. The summed E-state index contributed by atoms with van der Waals surface area (Å²) in [7, 11) is -2.09. The number of nitrogens with zero attached hydrogens (tertiary/aromatic N) is 4. The fourth-order valence-corrected chi connectivity index (χ4v) is 6.55. The van der Waals surface area contributed by atoms with E-state index in [-0.39, 0.29) is 23.2 Å². The minimum Gasteiger partial charge on any atom is -0.369 e. The molecule has 3 aromatic rings. The summed E-state index contributed by atoms with van der Waals surface area (Å²) in [6.07, 6.45) is 0. The summed E-state index contributed by atoms with van der Waals surface area (Å²) in [6.45, 7) is 7.05. The number of carbonyl (C=O) groups is 1. The summed E-state index contributed by atoms with van der Waals surface area (Å²) in [4.78, 5) is 17.2. The summed E-state index contributed by atoms with van der Waals surface area (Å²) in [5.74, 6) is -2.53. The van der Waals surface area contributed by atoms with E-state index in [1.54, 1.807) is 26.0 Å². The topological polar surface area (TPSA) is 102 Å². The van der Waals surface area contributed by atoms with Gasteiger partial charge < -0.3 is 15.1 Å². The van der Waals surface area contributed by atoms with Crippen LogP contribution >= 0.6 is 0 Å². The number of piperazine rings is 1. The number of hydrogen-bond donors (Lipinski definition) is 2. The van der Waals surface area contributed by atoms with E-state index in [1.165, 1.54) is 4.31 Å². The van der Waals surface area contributed by atoms with Gasteiger partial charge in [0.1, 0.15) is 0 Å². The molecule has 12 heteroatoms. The molecule has 0 radical (unpaired) electrons. The van der Waals surface area contributed by atoms with Crippen LogP contribution in [0.2, 0.25) is 0 Å². The molecular weight excluding hydrogens is 502 g/mol. The summed E-state index contributed by atoms with van der Waals surface area (Å²) < 4.78 is 55.0. The maximum atomic E-state index is 13.8. The summed E-state index contributed by atoms with van der Waals surface area (Å²) >= 11 is 0. The van der Waals surface area contributed by atoms with E-state index in [9.17, 15) is 22.0 Å². The molecule has 2 aliphatic rings. The molecule has 0 atom stereocenters. The van der Waals surface area contributed by atoms with Crippen molar-refractivity contribution in [2.24, 2.45) is 0 Å². The van der Waals surface area contributed by atoms with E-state index in [2.05, 4.69) is 32.4 Å². The Morgan fingerprint density at radius 1 is 1.03 bits per heavy atom. The number of carbonyl (C=O) groups excluding carboxylic acids is 1.